The van der Waals surface area contributed by atoms with Crippen molar-refractivity contribution in [1.29, 1.82) is 0 Å². The lowest BCUT2D eigenvalue weighted by molar-refractivity contribution is -0.121. The summed E-state index contributed by atoms with van der Waals surface area (Å²) in [6.45, 7) is 5.22. The fraction of sp³-hybridized carbons (Fsp3) is 0.350. The lowest BCUT2D eigenvalue weighted by Crippen LogP contribution is -2.43. The molecule has 0 aliphatic carbocycles. The molecule has 1 aliphatic heterocycles. The van der Waals surface area contributed by atoms with Gasteiger partial charge in [0.15, 0.2) is 5.13 Å². The van der Waals surface area contributed by atoms with Gasteiger partial charge >= 0.3 is 0 Å². The summed E-state index contributed by atoms with van der Waals surface area (Å²) in [6.07, 6.45) is 3.28. The summed E-state index contributed by atoms with van der Waals surface area (Å²) < 4.78 is 0. The highest BCUT2D eigenvalue weighted by atomic mass is 32.1. The number of hydrogen-bond donors (Lipinski definition) is 2. The van der Waals surface area contributed by atoms with Gasteiger partial charge in [0.1, 0.15) is 0 Å². The zero-order chi connectivity index (χ0) is 19.0. The first-order chi connectivity index (χ1) is 13.0. The number of piperidine rings is 1. The van der Waals surface area contributed by atoms with E-state index in [9.17, 15) is 9.59 Å². The number of nitrogens with zero attached hydrogens (tertiary/aromatic N) is 2. The Morgan fingerprint density at radius 1 is 1.33 bits per heavy atom. The molecule has 6 nitrogen and oxygen atoms in total. The third-order valence-corrected chi connectivity index (χ3v) is 5.99. The van der Waals surface area contributed by atoms with Crippen LogP contribution >= 0.6 is 11.3 Å². The van der Waals surface area contributed by atoms with Gasteiger partial charge < -0.3 is 15.2 Å². The average molecular weight is 382 g/mol. The topological polar surface area (TPSA) is 78.1 Å². The predicted octanol–water partition coefficient (Wildman–Crippen LogP) is 3.73. The highest BCUT2D eigenvalue weighted by Gasteiger charge is 2.29. The lowest BCUT2D eigenvalue weighted by atomic mass is 9.96. The Labute approximate surface area is 161 Å². The van der Waals surface area contributed by atoms with E-state index in [2.05, 4.69) is 22.2 Å². The van der Waals surface area contributed by atoms with Crippen LogP contribution < -0.4 is 5.32 Å². The van der Waals surface area contributed by atoms with Crippen LogP contribution in [0.25, 0.3) is 10.9 Å². The van der Waals surface area contributed by atoms with Gasteiger partial charge in [-0.05, 0) is 50.5 Å². The Hall–Kier alpha value is -2.67. The Balaban J connectivity index is 1.50. The van der Waals surface area contributed by atoms with Crippen molar-refractivity contribution in [3.63, 3.8) is 0 Å². The molecule has 0 spiro atoms. The lowest BCUT2D eigenvalue weighted by Gasteiger charge is -2.32. The van der Waals surface area contributed by atoms with E-state index in [1.807, 2.05) is 30.5 Å². The number of aromatic nitrogens is 2. The number of hydrogen-bond acceptors (Lipinski definition) is 4. The van der Waals surface area contributed by atoms with Crippen LogP contribution in [-0.4, -0.2) is 39.8 Å². The Morgan fingerprint density at radius 2 is 2.19 bits per heavy atom. The second-order valence-electron chi connectivity index (χ2n) is 7.05. The molecule has 140 valence electrons. The number of rotatable bonds is 3. The summed E-state index contributed by atoms with van der Waals surface area (Å²) in [6, 6.07) is 5.77. The Bertz CT molecular complexity index is 993. The molecule has 3 heterocycles. The van der Waals surface area contributed by atoms with E-state index in [0.29, 0.717) is 23.8 Å². The van der Waals surface area contributed by atoms with Crippen LogP contribution in [0.1, 0.15) is 34.5 Å². The molecule has 7 heteroatoms. The van der Waals surface area contributed by atoms with Crippen LogP contribution in [-0.2, 0) is 4.79 Å². The quantitative estimate of drug-likeness (QED) is 0.724. The predicted molar refractivity (Wildman–Crippen MR) is 107 cm³/mol. The highest BCUT2D eigenvalue weighted by Crippen LogP contribution is 2.25. The molecule has 1 aliphatic rings. The van der Waals surface area contributed by atoms with Crippen LogP contribution in [0.5, 0.6) is 0 Å². The first kappa shape index (κ1) is 17.7. The van der Waals surface area contributed by atoms with E-state index in [-0.39, 0.29) is 17.7 Å². The molecule has 3 aromatic rings. The van der Waals surface area contributed by atoms with Crippen molar-refractivity contribution in [2.24, 2.45) is 5.92 Å². The van der Waals surface area contributed by atoms with Crippen LogP contribution in [0, 0.1) is 19.8 Å². The second kappa shape index (κ2) is 7.15. The summed E-state index contributed by atoms with van der Waals surface area (Å²) in [4.78, 5) is 34.8. The molecule has 2 N–H and O–H groups in total. The third kappa shape index (κ3) is 3.47. The summed E-state index contributed by atoms with van der Waals surface area (Å²) in [5, 5.41) is 6.36. The number of amides is 2. The molecule has 4 rings (SSSR count). The zero-order valence-electron chi connectivity index (χ0n) is 15.4. The summed E-state index contributed by atoms with van der Waals surface area (Å²) >= 11 is 1.40. The maximum absolute atomic E-state index is 13.0. The number of anilines is 1. The molecule has 0 saturated carbocycles. The van der Waals surface area contributed by atoms with E-state index >= 15 is 0 Å². The van der Waals surface area contributed by atoms with Crippen molar-refractivity contribution in [2.45, 2.75) is 26.7 Å². The minimum absolute atomic E-state index is 0.0121. The smallest absolute Gasteiger partial charge is 0.253 e. The molecule has 1 fully saturated rings. The maximum atomic E-state index is 13.0. The third-order valence-electron chi connectivity index (χ3n) is 5.30. The first-order valence-electron chi connectivity index (χ1n) is 9.11. The number of carbonyl (C=O) groups is 2. The van der Waals surface area contributed by atoms with E-state index in [1.54, 1.807) is 11.1 Å². The molecule has 1 atom stereocenters. The number of H-pyrrole nitrogens is 1. The van der Waals surface area contributed by atoms with Crippen molar-refractivity contribution in [1.82, 2.24) is 14.9 Å². The van der Waals surface area contributed by atoms with Crippen LogP contribution in [0.15, 0.2) is 29.8 Å². The van der Waals surface area contributed by atoms with Crippen LogP contribution in [0.4, 0.5) is 5.13 Å². The zero-order valence-corrected chi connectivity index (χ0v) is 16.2. The highest BCUT2D eigenvalue weighted by molar-refractivity contribution is 7.13. The second-order valence-corrected chi connectivity index (χ2v) is 7.95. The number of aromatic amines is 1. The Morgan fingerprint density at radius 3 is 2.96 bits per heavy atom. The van der Waals surface area contributed by atoms with Crippen LogP contribution in [0.2, 0.25) is 0 Å². The van der Waals surface area contributed by atoms with Gasteiger partial charge in [0.05, 0.1) is 5.92 Å². The molecular weight excluding hydrogens is 360 g/mol. The number of likely N-dealkylation sites (tertiary alicyclic amines) is 1. The molecule has 0 radical (unpaired) electrons. The number of carbonyl (C=O) groups excluding carboxylic acids is 2. The SMILES string of the molecule is Cc1[nH]c2ccc(C(=O)N3CCCC(C(=O)Nc4nccs4)C3)cc2c1C. The van der Waals surface area contributed by atoms with Gasteiger partial charge in [0.2, 0.25) is 5.91 Å². The number of fused-ring (bicyclic) bond motifs is 1. The van der Waals surface area contributed by atoms with E-state index < -0.39 is 0 Å². The van der Waals surface area contributed by atoms with Crippen LogP contribution in [0.3, 0.4) is 0 Å². The van der Waals surface area contributed by atoms with Gasteiger partial charge in [-0.25, -0.2) is 4.98 Å². The van der Waals surface area contributed by atoms with Gasteiger partial charge in [-0.3, -0.25) is 9.59 Å². The molecule has 1 unspecified atom stereocenters. The monoisotopic (exact) mass is 382 g/mol. The van der Waals surface area contributed by atoms with E-state index in [4.69, 9.17) is 0 Å². The summed E-state index contributed by atoms with van der Waals surface area (Å²) in [7, 11) is 0. The maximum Gasteiger partial charge on any atom is 0.253 e. The van der Waals surface area contributed by atoms with Crippen molar-refractivity contribution in [3.05, 3.63) is 46.6 Å². The van der Waals surface area contributed by atoms with Crippen molar-refractivity contribution >= 4 is 39.2 Å². The molecule has 0 bridgehead atoms. The van der Waals surface area contributed by atoms with E-state index in [1.165, 1.54) is 16.9 Å². The molecule has 1 saturated heterocycles. The average Bonchev–Trinajstić information content (AvgIpc) is 3.29. The van der Waals surface area contributed by atoms with E-state index in [0.717, 1.165) is 29.4 Å². The number of nitrogens with one attached hydrogen (secondary N) is 2. The van der Waals surface area contributed by atoms with Crippen molar-refractivity contribution < 1.29 is 9.59 Å². The standard InChI is InChI=1S/C20H22N4O2S/c1-12-13(2)22-17-6-5-14(10-16(12)17)19(26)24-8-3-4-15(11-24)18(25)23-20-21-7-9-27-20/h5-7,9-10,15,22H,3-4,8,11H2,1-2H3,(H,21,23,25). The number of thiazole rings is 1. The largest absolute Gasteiger partial charge is 0.358 e. The van der Waals surface area contributed by atoms with Gasteiger partial charge in [-0.15, -0.1) is 11.3 Å². The fourth-order valence-electron chi connectivity index (χ4n) is 3.65. The molecular formula is C20H22N4O2S. The molecule has 2 amide bonds. The van der Waals surface area contributed by atoms with Crippen molar-refractivity contribution in [3.8, 4) is 0 Å². The van der Waals surface area contributed by atoms with Gasteiger partial charge in [0.25, 0.3) is 5.91 Å². The van der Waals surface area contributed by atoms with Gasteiger partial charge in [0, 0.05) is 46.8 Å². The molecule has 27 heavy (non-hydrogen) atoms. The minimum atomic E-state index is -0.202. The number of benzene rings is 1. The van der Waals surface area contributed by atoms with Crippen molar-refractivity contribution in [2.75, 3.05) is 18.4 Å². The minimum Gasteiger partial charge on any atom is -0.358 e. The first-order valence-corrected chi connectivity index (χ1v) is 9.99. The summed E-state index contributed by atoms with van der Waals surface area (Å²) in [5.74, 6) is -0.275. The normalized spacial score (nSPS) is 17.3. The Kier molecular flexibility index (Phi) is 4.70. The molecule has 1 aromatic carbocycles. The molecule has 2 aromatic heterocycles. The summed E-state index contributed by atoms with van der Waals surface area (Å²) in [5.41, 5.74) is 4.00. The fourth-order valence-corrected chi connectivity index (χ4v) is 4.18. The number of aryl methyl sites for hydroxylation is 2. The van der Waals surface area contributed by atoms with Gasteiger partial charge in [-0.2, -0.15) is 0 Å². The van der Waals surface area contributed by atoms with Gasteiger partial charge in [-0.1, -0.05) is 0 Å².